The van der Waals surface area contributed by atoms with E-state index >= 15 is 0 Å². The fourth-order valence-electron chi connectivity index (χ4n) is 2.81. The van der Waals surface area contributed by atoms with Gasteiger partial charge in [-0.3, -0.25) is 14.5 Å². The van der Waals surface area contributed by atoms with Crippen molar-refractivity contribution >= 4 is 51.7 Å². The van der Waals surface area contributed by atoms with Crippen molar-refractivity contribution in [2.45, 2.75) is 31.2 Å². The number of nitrogen functional groups attached to an aromatic ring is 1. The van der Waals surface area contributed by atoms with E-state index in [-0.39, 0.29) is 28.1 Å². The van der Waals surface area contributed by atoms with Crippen molar-refractivity contribution in [1.82, 2.24) is 15.2 Å². The summed E-state index contributed by atoms with van der Waals surface area (Å²) < 4.78 is 5.22. The van der Waals surface area contributed by atoms with Crippen molar-refractivity contribution in [2.75, 3.05) is 25.2 Å². The Hall–Kier alpha value is -2.60. The van der Waals surface area contributed by atoms with Gasteiger partial charge in [0.2, 0.25) is 0 Å². The Morgan fingerprint density at radius 1 is 1.48 bits per heavy atom. The monoisotopic (exact) mass is 439 g/mol. The number of unbranched alkanes of at least 4 members (excludes halogenated alkanes) is 1. The fourth-order valence-corrected chi connectivity index (χ4v) is 4.56. The molecule has 3 rings (SSSR count). The van der Waals surface area contributed by atoms with Crippen LogP contribution in [0.4, 0.5) is 5.13 Å². The van der Waals surface area contributed by atoms with Crippen LogP contribution in [0.3, 0.4) is 0 Å². The quantitative estimate of drug-likeness (QED) is 0.199. The van der Waals surface area contributed by atoms with E-state index in [1.54, 1.807) is 11.5 Å². The zero-order chi connectivity index (χ0) is 21.0. The zero-order valence-electron chi connectivity index (χ0n) is 15.9. The Bertz CT molecular complexity index is 868. The molecule has 29 heavy (non-hydrogen) atoms. The largest absolute Gasteiger partial charge is 0.461 e. The first-order valence-electron chi connectivity index (χ1n) is 8.93. The van der Waals surface area contributed by atoms with Gasteiger partial charge in [0, 0.05) is 11.1 Å². The van der Waals surface area contributed by atoms with Crippen molar-refractivity contribution < 1.29 is 24.0 Å². The van der Waals surface area contributed by atoms with Crippen LogP contribution >= 0.6 is 23.1 Å². The zero-order valence-corrected chi connectivity index (χ0v) is 17.5. The van der Waals surface area contributed by atoms with Gasteiger partial charge in [-0.1, -0.05) is 18.5 Å². The van der Waals surface area contributed by atoms with Gasteiger partial charge >= 0.3 is 5.97 Å². The van der Waals surface area contributed by atoms with Crippen LogP contribution in [0, 0.1) is 0 Å². The first kappa shape index (κ1) is 21.1. The van der Waals surface area contributed by atoms with Gasteiger partial charge in [-0.05, 0) is 12.5 Å². The second-order valence-corrected chi connectivity index (χ2v) is 8.19. The number of β-lactam (4-membered cyclic amide) rings is 1. The normalized spacial score (nSPS) is 21.0. The summed E-state index contributed by atoms with van der Waals surface area (Å²) in [5.74, 6) is -0.997. The molecule has 1 aromatic rings. The molecule has 0 aliphatic carbocycles. The number of nitrogens with two attached hydrogens (primary N) is 1. The molecule has 156 valence electrons. The Labute approximate surface area is 175 Å². The Kier molecular flexibility index (Phi) is 6.75. The van der Waals surface area contributed by atoms with Crippen LogP contribution in [-0.2, 0) is 24.0 Å². The SMILES string of the molecule is CCCCOC(=O)C1=CCS[C@@H]2C(NC(=O)/C(=N\OC)c3csc(N)n3)C(=O)N12. The first-order valence-corrected chi connectivity index (χ1v) is 10.9. The minimum absolute atomic E-state index is 0.0812. The number of thiazole rings is 1. The molecule has 1 aromatic heterocycles. The van der Waals surface area contributed by atoms with Crippen molar-refractivity contribution in [3.8, 4) is 0 Å². The number of rotatable bonds is 8. The topological polar surface area (TPSA) is 136 Å². The highest BCUT2D eigenvalue weighted by Gasteiger charge is 2.53. The molecule has 0 bridgehead atoms. The highest BCUT2D eigenvalue weighted by atomic mass is 32.2. The van der Waals surface area contributed by atoms with Gasteiger partial charge in [0.25, 0.3) is 11.8 Å². The molecule has 1 unspecified atom stereocenters. The van der Waals surface area contributed by atoms with Crippen LogP contribution in [-0.4, -0.2) is 64.3 Å². The molecule has 10 nitrogen and oxygen atoms in total. The molecule has 1 saturated heterocycles. The number of hydrogen-bond donors (Lipinski definition) is 2. The molecule has 2 amide bonds. The molecule has 2 atom stereocenters. The summed E-state index contributed by atoms with van der Waals surface area (Å²) in [5, 5.41) is 7.82. The van der Waals surface area contributed by atoms with Gasteiger partial charge in [0.05, 0.1) is 6.61 Å². The standard InChI is InChI=1S/C17H21N5O5S2/c1-3-4-6-27-16(25)10-5-7-28-15-12(14(24)22(10)15)20-13(23)11(21-26-2)9-8-29-17(18)19-9/h5,8,12,15H,3-4,6-7H2,1-2H3,(H2,18,19)(H,20,23)/b21-11-/t12?,15-/m1/s1. The van der Waals surface area contributed by atoms with Crippen LogP contribution in [0.1, 0.15) is 25.5 Å². The van der Waals surface area contributed by atoms with Crippen LogP contribution in [0.5, 0.6) is 0 Å². The summed E-state index contributed by atoms with van der Waals surface area (Å²) in [6.07, 6.45) is 3.32. The molecule has 3 N–H and O–H groups in total. The molecule has 0 saturated carbocycles. The predicted molar refractivity (Wildman–Crippen MR) is 109 cm³/mol. The molecule has 12 heteroatoms. The van der Waals surface area contributed by atoms with Gasteiger partial charge in [-0.15, -0.1) is 23.1 Å². The minimum atomic E-state index is -0.794. The number of amides is 2. The van der Waals surface area contributed by atoms with Gasteiger partial charge in [-0.2, -0.15) is 0 Å². The number of ether oxygens (including phenoxy) is 1. The Morgan fingerprint density at radius 3 is 2.93 bits per heavy atom. The van der Waals surface area contributed by atoms with Crippen molar-refractivity contribution in [2.24, 2.45) is 5.16 Å². The number of nitrogens with one attached hydrogen (secondary N) is 1. The van der Waals surface area contributed by atoms with Crippen molar-refractivity contribution in [3.05, 3.63) is 22.8 Å². The summed E-state index contributed by atoms with van der Waals surface area (Å²) in [7, 11) is 1.30. The van der Waals surface area contributed by atoms with E-state index in [4.69, 9.17) is 15.3 Å². The molecule has 1 fully saturated rings. The molecular weight excluding hydrogens is 418 g/mol. The lowest BCUT2D eigenvalue weighted by molar-refractivity contribution is -0.152. The van der Waals surface area contributed by atoms with Crippen molar-refractivity contribution in [1.29, 1.82) is 0 Å². The number of carbonyl (C=O) groups excluding carboxylic acids is 3. The second kappa shape index (κ2) is 9.27. The number of esters is 1. The third kappa shape index (κ3) is 4.37. The van der Waals surface area contributed by atoms with Crippen LogP contribution in [0.15, 0.2) is 22.3 Å². The van der Waals surface area contributed by atoms with Gasteiger partial charge < -0.3 is 20.6 Å². The van der Waals surface area contributed by atoms with Crippen molar-refractivity contribution in [3.63, 3.8) is 0 Å². The number of thioether (sulfide) groups is 1. The number of anilines is 1. The van der Waals surface area contributed by atoms with E-state index < -0.39 is 23.3 Å². The van der Waals surface area contributed by atoms with E-state index in [1.165, 1.54) is 23.8 Å². The lowest BCUT2D eigenvalue weighted by Crippen LogP contribution is -2.70. The van der Waals surface area contributed by atoms with E-state index in [2.05, 4.69) is 15.5 Å². The third-order valence-corrected chi connectivity index (χ3v) is 6.09. The summed E-state index contributed by atoms with van der Waals surface area (Å²) in [5.41, 5.74) is 6.01. The number of nitrogens with zero attached hydrogens (tertiary/aromatic N) is 3. The highest BCUT2D eigenvalue weighted by molar-refractivity contribution is 8.00. The summed E-state index contributed by atoms with van der Waals surface area (Å²) in [4.78, 5) is 47.7. The van der Waals surface area contributed by atoms with E-state index in [0.29, 0.717) is 12.4 Å². The number of fused-ring (bicyclic) bond motifs is 1. The van der Waals surface area contributed by atoms with Crippen LogP contribution in [0.25, 0.3) is 0 Å². The fraction of sp³-hybridized carbons (Fsp3) is 0.471. The lowest BCUT2D eigenvalue weighted by atomic mass is 10.0. The highest BCUT2D eigenvalue weighted by Crippen LogP contribution is 2.37. The van der Waals surface area contributed by atoms with E-state index in [9.17, 15) is 14.4 Å². The van der Waals surface area contributed by atoms with Crippen LogP contribution in [0.2, 0.25) is 0 Å². The van der Waals surface area contributed by atoms with E-state index in [0.717, 1.165) is 24.2 Å². The average molecular weight is 440 g/mol. The van der Waals surface area contributed by atoms with Gasteiger partial charge in [0.1, 0.15) is 29.9 Å². The number of oxime groups is 1. The summed E-state index contributed by atoms with van der Waals surface area (Å²) in [6, 6.07) is -0.794. The molecular formula is C17H21N5O5S2. The molecule has 3 heterocycles. The van der Waals surface area contributed by atoms with Crippen LogP contribution < -0.4 is 11.1 Å². The summed E-state index contributed by atoms with van der Waals surface area (Å²) >= 11 is 2.60. The first-order chi connectivity index (χ1) is 14.0. The molecule has 2 aliphatic heterocycles. The van der Waals surface area contributed by atoms with Gasteiger partial charge in [-0.25, -0.2) is 9.78 Å². The maximum absolute atomic E-state index is 12.7. The number of hydrogen-bond acceptors (Lipinski definition) is 10. The van der Waals surface area contributed by atoms with Gasteiger partial charge in [0.15, 0.2) is 10.8 Å². The molecule has 0 spiro atoms. The Morgan fingerprint density at radius 2 is 2.28 bits per heavy atom. The smallest absolute Gasteiger partial charge is 0.354 e. The number of aromatic nitrogens is 1. The minimum Gasteiger partial charge on any atom is -0.461 e. The maximum Gasteiger partial charge on any atom is 0.354 e. The van der Waals surface area contributed by atoms with E-state index in [1.807, 2.05) is 6.92 Å². The lowest BCUT2D eigenvalue weighted by Gasteiger charge is -2.48. The number of carbonyl (C=O) groups is 3. The average Bonchev–Trinajstić information content (AvgIpc) is 3.15. The molecule has 0 aromatic carbocycles. The molecule has 2 aliphatic rings. The predicted octanol–water partition coefficient (Wildman–Crippen LogP) is 0.703. The Balaban J connectivity index is 1.67. The molecule has 0 radical (unpaired) electrons. The third-order valence-electron chi connectivity index (χ3n) is 4.24. The summed E-state index contributed by atoms with van der Waals surface area (Å²) in [6.45, 7) is 2.30. The second-order valence-electron chi connectivity index (χ2n) is 6.16. The maximum atomic E-state index is 12.7.